The van der Waals surface area contributed by atoms with E-state index < -0.39 is 10.0 Å². The van der Waals surface area contributed by atoms with Gasteiger partial charge in [0.15, 0.2) is 11.7 Å². The summed E-state index contributed by atoms with van der Waals surface area (Å²) < 4.78 is 40.3. The first-order valence-corrected chi connectivity index (χ1v) is 11.3. The van der Waals surface area contributed by atoms with Crippen LogP contribution in [0.15, 0.2) is 82.1 Å². The molecular formula is C24H22N2O5S. The van der Waals surface area contributed by atoms with Gasteiger partial charge in [0.1, 0.15) is 17.2 Å². The van der Waals surface area contributed by atoms with Gasteiger partial charge in [-0.15, -0.1) is 0 Å². The number of hydrogen-bond donors (Lipinski definition) is 1. The van der Waals surface area contributed by atoms with Crippen LogP contribution in [0, 0.1) is 0 Å². The number of methoxy groups -OCH3 is 2. The van der Waals surface area contributed by atoms with Crippen molar-refractivity contribution < 1.29 is 22.3 Å². The van der Waals surface area contributed by atoms with Crippen LogP contribution in [-0.4, -0.2) is 27.6 Å². The molecule has 0 atom stereocenters. The van der Waals surface area contributed by atoms with E-state index in [-0.39, 0.29) is 4.90 Å². The predicted octanol–water partition coefficient (Wildman–Crippen LogP) is 4.26. The molecule has 0 spiro atoms. The average molecular weight is 451 g/mol. The van der Waals surface area contributed by atoms with Gasteiger partial charge in [0.25, 0.3) is 0 Å². The van der Waals surface area contributed by atoms with Crippen molar-refractivity contribution in [2.75, 3.05) is 14.2 Å². The lowest BCUT2D eigenvalue weighted by molar-refractivity contribution is 0.394. The zero-order valence-corrected chi connectivity index (χ0v) is 18.4. The maximum Gasteiger partial charge on any atom is 0.238 e. The van der Waals surface area contributed by atoms with Crippen LogP contribution in [0.2, 0.25) is 0 Å². The number of hydrogen-bond acceptors (Lipinski definition) is 6. The first-order valence-electron chi connectivity index (χ1n) is 9.78. The minimum absolute atomic E-state index is 0.0258. The normalized spacial score (nSPS) is 11.3. The third kappa shape index (κ3) is 4.51. The van der Waals surface area contributed by atoms with E-state index in [0.717, 1.165) is 5.56 Å². The van der Waals surface area contributed by atoms with Gasteiger partial charge in [0.05, 0.1) is 24.7 Å². The van der Waals surface area contributed by atoms with E-state index in [0.29, 0.717) is 46.4 Å². The Kier molecular flexibility index (Phi) is 5.98. The Morgan fingerprint density at radius 1 is 0.938 bits per heavy atom. The van der Waals surface area contributed by atoms with Crippen LogP contribution in [0.4, 0.5) is 0 Å². The zero-order chi connectivity index (χ0) is 22.7. The Hall–Kier alpha value is -3.62. The molecule has 0 saturated carbocycles. The topological polar surface area (TPSA) is 105 Å². The molecule has 0 aliphatic heterocycles. The van der Waals surface area contributed by atoms with E-state index in [1.54, 1.807) is 32.4 Å². The standard InChI is InChI=1S/C24H22N2O5S/c1-29-18-10-13-20(21(15-18)30-2)24-23(17-8-11-19(12-9-17)32(25,27)28)26-22(31-24)14-16-6-4-3-5-7-16/h3-13,15H,14H2,1-2H3,(H2,25,27,28). The number of oxazole rings is 1. The van der Waals surface area contributed by atoms with E-state index in [1.165, 1.54) is 12.1 Å². The molecular weight excluding hydrogens is 428 g/mol. The molecule has 0 aliphatic carbocycles. The summed E-state index contributed by atoms with van der Waals surface area (Å²) in [4.78, 5) is 4.75. The van der Waals surface area contributed by atoms with Crippen LogP contribution in [-0.2, 0) is 16.4 Å². The Labute approximate surface area is 186 Å². The molecule has 0 saturated heterocycles. The molecule has 3 aromatic carbocycles. The van der Waals surface area contributed by atoms with Gasteiger partial charge in [0, 0.05) is 18.1 Å². The molecule has 0 aliphatic rings. The molecule has 4 aromatic rings. The van der Waals surface area contributed by atoms with Crippen molar-refractivity contribution in [2.24, 2.45) is 5.14 Å². The lowest BCUT2D eigenvalue weighted by atomic mass is 10.0. The van der Waals surface area contributed by atoms with Crippen LogP contribution < -0.4 is 14.6 Å². The highest BCUT2D eigenvalue weighted by Gasteiger charge is 2.21. The van der Waals surface area contributed by atoms with Gasteiger partial charge in [-0.3, -0.25) is 0 Å². The molecule has 0 fully saturated rings. The molecule has 1 aromatic heterocycles. The summed E-state index contributed by atoms with van der Waals surface area (Å²) in [5.74, 6) is 2.25. The Balaban J connectivity index is 1.84. The quantitative estimate of drug-likeness (QED) is 0.451. The molecule has 164 valence electrons. The minimum atomic E-state index is -3.80. The molecule has 0 unspecified atom stereocenters. The van der Waals surface area contributed by atoms with Crippen molar-refractivity contribution in [3.8, 4) is 34.1 Å². The number of benzene rings is 3. The molecule has 8 heteroatoms. The van der Waals surface area contributed by atoms with Crippen LogP contribution >= 0.6 is 0 Å². The van der Waals surface area contributed by atoms with Crippen LogP contribution in [0.3, 0.4) is 0 Å². The Morgan fingerprint density at radius 3 is 2.28 bits per heavy atom. The Bertz CT molecular complexity index is 1330. The third-order valence-corrected chi connectivity index (χ3v) is 5.91. The molecule has 32 heavy (non-hydrogen) atoms. The summed E-state index contributed by atoms with van der Waals surface area (Å²) in [5.41, 5.74) is 3.01. The van der Waals surface area contributed by atoms with Gasteiger partial charge in [-0.1, -0.05) is 42.5 Å². The molecule has 7 nitrogen and oxygen atoms in total. The van der Waals surface area contributed by atoms with Gasteiger partial charge in [-0.25, -0.2) is 18.5 Å². The number of nitrogens with zero attached hydrogens (tertiary/aromatic N) is 1. The largest absolute Gasteiger partial charge is 0.497 e. The molecule has 0 bridgehead atoms. The molecule has 0 amide bonds. The van der Waals surface area contributed by atoms with Gasteiger partial charge in [-0.2, -0.15) is 0 Å². The number of nitrogens with two attached hydrogens (primary N) is 1. The molecule has 4 rings (SSSR count). The summed E-state index contributed by atoms with van der Waals surface area (Å²) in [5, 5.41) is 5.23. The van der Waals surface area contributed by atoms with Crippen molar-refractivity contribution >= 4 is 10.0 Å². The summed E-state index contributed by atoms with van der Waals surface area (Å²) in [6.45, 7) is 0. The highest BCUT2D eigenvalue weighted by molar-refractivity contribution is 7.89. The highest BCUT2D eigenvalue weighted by Crippen LogP contribution is 2.40. The van der Waals surface area contributed by atoms with E-state index in [1.807, 2.05) is 42.5 Å². The molecule has 2 N–H and O–H groups in total. The van der Waals surface area contributed by atoms with Crippen molar-refractivity contribution in [3.05, 3.63) is 84.3 Å². The third-order valence-electron chi connectivity index (χ3n) is 4.98. The smallest absolute Gasteiger partial charge is 0.238 e. The number of sulfonamides is 1. The zero-order valence-electron chi connectivity index (χ0n) is 17.6. The summed E-state index contributed by atoms with van der Waals surface area (Å²) in [7, 11) is -0.643. The van der Waals surface area contributed by atoms with Crippen molar-refractivity contribution in [1.82, 2.24) is 4.98 Å². The monoisotopic (exact) mass is 450 g/mol. The average Bonchev–Trinajstić information content (AvgIpc) is 3.22. The lowest BCUT2D eigenvalue weighted by Crippen LogP contribution is -2.11. The van der Waals surface area contributed by atoms with Gasteiger partial charge >= 0.3 is 0 Å². The van der Waals surface area contributed by atoms with E-state index in [2.05, 4.69) is 0 Å². The number of aromatic nitrogens is 1. The second-order valence-electron chi connectivity index (χ2n) is 7.08. The van der Waals surface area contributed by atoms with Gasteiger partial charge in [0.2, 0.25) is 10.0 Å². The second kappa shape index (κ2) is 8.86. The Morgan fingerprint density at radius 2 is 1.66 bits per heavy atom. The predicted molar refractivity (Wildman–Crippen MR) is 121 cm³/mol. The second-order valence-corrected chi connectivity index (χ2v) is 8.64. The van der Waals surface area contributed by atoms with Crippen molar-refractivity contribution in [2.45, 2.75) is 11.3 Å². The van der Waals surface area contributed by atoms with Crippen molar-refractivity contribution in [3.63, 3.8) is 0 Å². The molecule has 0 radical (unpaired) electrons. The minimum Gasteiger partial charge on any atom is -0.497 e. The first kappa shape index (κ1) is 21.6. The first-order chi connectivity index (χ1) is 15.4. The highest BCUT2D eigenvalue weighted by atomic mass is 32.2. The maximum atomic E-state index is 11.6. The van der Waals surface area contributed by atoms with Crippen LogP contribution in [0.25, 0.3) is 22.6 Å². The SMILES string of the molecule is COc1ccc(-c2oc(Cc3ccccc3)nc2-c2ccc(S(N)(=O)=O)cc2)c(OC)c1. The fourth-order valence-corrected chi connectivity index (χ4v) is 3.89. The fraction of sp³-hybridized carbons (Fsp3) is 0.125. The fourth-order valence-electron chi connectivity index (χ4n) is 3.38. The lowest BCUT2D eigenvalue weighted by Gasteiger charge is -2.10. The summed E-state index contributed by atoms with van der Waals surface area (Å²) in [6.07, 6.45) is 0.502. The summed E-state index contributed by atoms with van der Waals surface area (Å²) in [6, 6.07) is 21.5. The van der Waals surface area contributed by atoms with Crippen LogP contribution in [0.1, 0.15) is 11.5 Å². The van der Waals surface area contributed by atoms with Gasteiger partial charge < -0.3 is 13.9 Å². The van der Waals surface area contributed by atoms with Gasteiger partial charge in [-0.05, 0) is 29.8 Å². The number of rotatable bonds is 7. The number of primary sulfonamides is 1. The number of ether oxygens (including phenoxy) is 2. The van der Waals surface area contributed by atoms with Crippen LogP contribution in [0.5, 0.6) is 11.5 Å². The summed E-state index contributed by atoms with van der Waals surface area (Å²) >= 11 is 0. The maximum absolute atomic E-state index is 11.6. The molecule has 1 heterocycles. The van der Waals surface area contributed by atoms with E-state index in [9.17, 15) is 8.42 Å². The van der Waals surface area contributed by atoms with E-state index in [4.69, 9.17) is 24.0 Å². The van der Waals surface area contributed by atoms with Crippen molar-refractivity contribution in [1.29, 1.82) is 0 Å². The van der Waals surface area contributed by atoms with E-state index >= 15 is 0 Å².